The molecule has 0 aliphatic heterocycles. The summed E-state index contributed by atoms with van der Waals surface area (Å²) in [5, 5.41) is 0. The van der Waals surface area contributed by atoms with Crippen molar-refractivity contribution in [3.63, 3.8) is 0 Å². The number of nitrogens with two attached hydrogens (primary N) is 1. The van der Waals surface area contributed by atoms with E-state index in [9.17, 15) is 26.7 Å². The molecule has 0 amide bonds. The van der Waals surface area contributed by atoms with Gasteiger partial charge in [0.1, 0.15) is 5.69 Å². The van der Waals surface area contributed by atoms with Crippen LogP contribution in [0.15, 0.2) is 6.07 Å². The topological polar surface area (TPSA) is 74.4 Å². The minimum atomic E-state index is -5.12. The van der Waals surface area contributed by atoms with Gasteiger partial charge in [-0.15, -0.1) is 13.2 Å². The first kappa shape index (κ1) is 17.1. The van der Waals surface area contributed by atoms with Crippen LogP contribution in [0.25, 0.3) is 0 Å². The summed E-state index contributed by atoms with van der Waals surface area (Å²) in [5.41, 5.74) is 3.89. The monoisotopic (exact) mass is 314 g/mol. The van der Waals surface area contributed by atoms with Gasteiger partial charge in [-0.2, -0.15) is 0 Å². The maximum atomic E-state index is 12.7. The minimum absolute atomic E-state index is 0.158. The van der Waals surface area contributed by atoms with Crippen LogP contribution in [-0.4, -0.2) is 24.4 Å². The van der Waals surface area contributed by atoms with Crippen molar-refractivity contribution in [3.8, 4) is 5.88 Å². The third kappa shape index (κ3) is 4.81. The lowest BCUT2D eigenvalue weighted by atomic mass is 10.1. The molecule has 0 atom stereocenters. The van der Waals surface area contributed by atoms with Gasteiger partial charge in [-0.3, -0.25) is 4.79 Å². The Kier molecular flexibility index (Phi) is 5.41. The molecule has 1 rings (SSSR count). The van der Waals surface area contributed by atoms with Gasteiger partial charge in [0.05, 0.1) is 13.5 Å². The molecule has 0 saturated carbocycles. The Balaban J connectivity index is 3.35. The number of rotatable bonds is 5. The van der Waals surface area contributed by atoms with Crippen molar-refractivity contribution in [1.82, 2.24) is 4.98 Å². The zero-order valence-corrected chi connectivity index (χ0v) is 10.7. The normalized spacial score (nSPS) is 11.6. The molecule has 0 aliphatic rings. The summed E-state index contributed by atoms with van der Waals surface area (Å²) in [6, 6.07) is 0.799. The van der Waals surface area contributed by atoms with Crippen molar-refractivity contribution in [2.45, 2.75) is 25.8 Å². The van der Waals surface area contributed by atoms with Crippen LogP contribution < -0.4 is 10.5 Å². The van der Waals surface area contributed by atoms with Crippen LogP contribution >= 0.6 is 0 Å². The highest BCUT2D eigenvalue weighted by atomic mass is 19.4. The number of methoxy groups -OCH3 is 1. The zero-order chi connectivity index (χ0) is 16.2. The van der Waals surface area contributed by atoms with Gasteiger partial charge >= 0.3 is 12.3 Å². The Morgan fingerprint density at radius 3 is 2.48 bits per heavy atom. The van der Waals surface area contributed by atoms with Crippen molar-refractivity contribution in [1.29, 1.82) is 0 Å². The summed E-state index contributed by atoms with van der Waals surface area (Å²) in [4.78, 5) is 14.3. The van der Waals surface area contributed by atoms with Gasteiger partial charge in [0.2, 0.25) is 5.88 Å². The number of ether oxygens (including phenoxy) is 2. The van der Waals surface area contributed by atoms with E-state index in [1.54, 1.807) is 0 Å². The molecule has 5 nitrogen and oxygen atoms in total. The number of pyridine rings is 1. The summed E-state index contributed by atoms with van der Waals surface area (Å²) in [6.07, 6.45) is -8.79. The van der Waals surface area contributed by atoms with Crippen molar-refractivity contribution in [2.24, 2.45) is 5.73 Å². The smallest absolute Gasteiger partial charge is 0.469 e. The van der Waals surface area contributed by atoms with E-state index in [2.05, 4.69) is 14.5 Å². The molecule has 1 aromatic heterocycles. The molecular formula is C11H11F5N2O3. The number of nitrogens with zero attached hydrogens (tertiary/aromatic N) is 1. The largest absolute Gasteiger partial charge is 0.574 e. The van der Waals surface area contributed by atoms with E-state index in [0.717, 1.165) is 13.2 Å². The Hall–Kier alpha value is -1.97. The summed E-state index contributed by atoms with van der Waals surface area (Å²) in [5.74, 6) is -1.92. The van der Waals surface area contributed by atoms with Crippen LogP contribution in [0.2, 0.25) is 0 Å². The lowest BCUT2D eigenvalue weighted by Crippen LogP contribution is -2.21. The van der Waals surface area contributed by atoms with Gasteiger partial charge in [0.15, 0.2) is 0 Å². The number of alkyl halides is 5. The average molecular weight is 314 g/mol. The quantitative estimate of drug-likeness (QED) is 0.665. The standard InChI is InChI=1S/C11H11F5N2O3/c1-20-8(19)3-5-2-7(9(12)13)18-10(6(5)4-17)21-11(14,15)16/h2,9H,3-4,17H2,1H3. The highest BCUT2D eigenvalue weighted by molar-refractivity contribution is 5.73. The third-order valence-corrected chi connectivity index (χ3v) is 2.40. The fraction of sp³-hybridized carbons (Fsp3) is 0.455. The molecule has 10 heteroatoms. The molecule has 0 fully saturated rings. The Morgan fingerprint density at radius 2 is 2.05 bits per heavy atom. The molecule has 0 aromatic carbocycles. The second-order valence-electron chi connectivity index (χ2n) is 3.80. The second-order valence-corrected chi connectivity index (χ2v) is 3.80. The van der Waals surface area contributed by atoms with Gasteiger partial charge in [0, 0.05) is 12.1 Å². The number of hydrogen-bond acceptors (Lipinski definition) is 5. The molecule has 118 valence electrons. The zero-order valence-electron chi connectivity index (χ0n) is 10.7. The SMILES string of the molecule is COC(=O)Cc1cc(C(F)F)nc(OC(F)(F)F)c1CN. The first-order chi connectivity index (χ1) is 9.67. The molecule has 0 spiro atoms. The predicted octanol–water partition coefficient (Wildman–Crippen LogP) is 2.09. The first-order valence-electron chi connectivity index (χ1n) is 5.51. The second kappa shape index (κ2) is 6.66. The molecule has 21 heavy (non-hydrogen) atoms. The summed E-state index contributed by atoms with van der Waals surface area (Å²) in [6.45, 7) is -0.478. The van der Waals surface area contributed by atoms with E-state index in [0.29, 0.717) is 0 Å². The van der Waals surface area contributed by atoms with Crippen molar-refractivity contribution < 1.29 is 36.2 Å². The number of carbonyl (C=O) groups is 1. The Bertz CT molecular complexity index is 519. The molecule has 0 unspecified atom stereocenters. The number of aromatic nitrogens is 1. The van der Waals surface area contributed by atoms with Gasteiger partial charge in [0.25, 0.3) is 6.43 Å². The molecule has 2 N–H and O–H groups in total. The number of esters is 1. The van der Waals surface area contributed by atoms with Crippen molar-refractivity contribution >= 4 is 5.97 Å². The highest BCUT2D eigenvalue weighted by Gasteiger charge is 2.34. The molecule has 0 aliphatic carbocycles. The maximum absolute atomic E-state index is 12.7. The summed E-state index contributed by atoms with van der Waals surface area (Å²) >= 11 is 0. The highest BCUT2D eigenvalue weighted by Crippen LogP contribution is 2.30. The lowest BCUT2D eigenvalue weighted by molar-refractivity contribution is -0.276. The van der Waals surface area contributed by atoms with Gasteiger partial charge in [-0.25, -0.2) is 13.8 Å². The molecule has 1 heterocycles. The third-order valence-electron chi connectivity index (χ3n) is 2.40. The lowest BCUT2D eigenvalue weighted by Gasteiger charge is -2.16. The molecule has 0 radical (unpaired) electrons. The average Bonchev–Trinajstić information content (AvgIpc) is 2.36. The number of carbonyl (C=O) groups excluding carboxylic acids is 1. The van der Waals surface area contributed by atoms with E-state index in [1.165, 1.54) is 0 Å². The van der Waals surface area contributed by atoms with Crippen LogP contribution in [0, 0.1) is 0 Å². The van der Waals surface area contributed by atoms with Crippen LogP contribution in [0.3, 0.4) is 0 Å². The fourth-order valence-corrected chi connectivity index (χ4v) is 1.53. The minimum Gasteiger partial charge on any atom is -0.469 e. The maximum Gasteiger partial charge on any atom is 0.574 e. The van der Waals surface area contributed by atoms with Crippen LogP contribution in [0.5, 0.6) is 5.88 Å². The van der Waals surface area contributed by atoms with Crippen LogP contribution in [-0.2, 0) is 22.5 Å². The summed E-state index contributed by atoms with van der Waals surface area (Å²) in [7, 11) is 1.05. The molecule has 0 bridgehead atoms. The van der Waals surface area contributed by atoms with E-state index < -0.39 is 43.3 Å². The van der Waals surface area contributed by atoms with Crippen molar-refractivity contribution in [3.05, 3.63) is 22.9 Å². The molecule has 1 aromatic rings. The predicted molar refractivity (Wildman–Crippen MR) is 59.5 cm³/mol. The van der Waals surface area contributed by atoms with Gasteiger partial charge < -0.3 is 15.2 Å². The van der Waals surface area contributed by atoms with Crippen LogP contribution in [0.4, 0.5) is 22.0 Å². The van der Waals surface area contributed by atoms with Crippen LogP contribution in [0.1, 0.15) is 23.2 Å². The Labute approximate surface area is 115 Å². The first-order valence-corrected chi connectivity index (χ1v) is 5.51. The van der Waals surface area contributed by atoms with E-state index >= 15 is 0 Å². The Morgan fingerprint density at radius 1 is 1.43 bits per heavy atom. The molecule has 0 saturated heterocycles. The van der Waals surface area contributed by atoms with E-state index in [-0.39, 0.29) is 11.1 Å². The van der Waals surface area contributed by atoms with E-state index in [4.69, 9.17) is 5.73 Å². The van der Waals surface area contributed by atoms with Crippen molar-refractivity contribution in [2.75, 3.05) is 7.11 Å². The molecular weight excluding hydrogens is 303 g/mol. The fourth-order valence-electron chi connectivity index (χ4n) is 1.53. The van der Waals surface area contributed by atoms with Gasteiger partial charge in [-0.05, 0) is 11.6 Å². The van der Waals surface area contributed by atoms with E-state index in [1.807, 2.05) is 0 Å². The van der Waals surface area contributed by atoms with Gasteiger partial charge in [-0.1, -0.05) is 0 Å². The summed E-state index contributed by atoms with van der Waals surface area (Å²) < 4.78 is 70.1. The number of hydrogen-bond donors (Lipinski definition) is 1. The number of halogens is 5.